The fourth-order valence-corrected chi connectivity index (χ4v) is 6.58. The van der Waals surface area contributed by atoms with Crippen LogP contribution in [0.15, 0.2) is 47.4 Å². The van der Waals surface area contributed by atoms with Gasteiger partial charge in [0.1, 0.15) is 0 Å². The Labute approximate surface area is 93.6 Å². The predicted molar refractivity (Wildman–Crippen MR) is 59.9 cm³/mol. The van der Waals surface area contributed by atoms with Gasteiger partial charge in [-0.25, -0.2) is 0 Å². The molecule has 0 spiro atoms. The molecular formula is C10H8B2OSn. The van der Waals surface area contributed by atoms with E-state index >= 15 is 0 Å². The quantitative estimate of drug-likeness (QED) is 0.701. The van der Waals surface area contributed by atoms with Gasteiger partial charge in [-0.05, 0) is 0 Å². The maximum atomic E-state index is 12.1. The van der Waals surface area contributed by atoms with Gasteiger partial charge >= 0.3 is 93.8 Å². The van der Waals surface area contributed by atoms with E-state index < -0.39 is 19.7 Å². The average Bonchev–Trinajstić information content (AvgIpc) is 2.73. The van der Waals surface area contributed by atoms with E-state index in [2.05, 4.69) is 0 Å². The van der Waals surface area contributed by atoms with Gasteiger partial charge in [0.05, 0.1) is 0 Å². The summed E-state index contributed by atoms with van der Waals surface area (Å²) in [6.45, 7) is 0. The maximum absolute atomic E-state index is 12.1. The molecule has 0 bridgehead atoms. The van der Waals surface area contributed by atoms with E-state index in [0.717, 1.165) is 10.9 Å². The molecule has 0 aliphatic heterocycles. The Hall–Kier alpha value is -0.311. The molecular weight excluding hydrogens is 276 g/mol. The molecule has 4 radical (unpaired) electrons. The Bertz CT molecular complexity index is 357. The fraction of sp³-hybridized carbons (Fsp3) is 0.200. The summed E-state index contributed by atoms with van der Waals surface area (Å²) in [7, 11) is 11.2. The minimum atomic E-state index is -2.70. The molecule has 2 aliphatic carbocycles. The third kappa shape index (κ3) is 2.02. The Balaban J connectivity index is 2.11. The third-order valence-corrected chi connectivity index (χ3v) is 8.19. The van der Waals surface area contributed by atoms with Crippen LogP contribution in [0, 0.1) is 0 Å². The molecule has 0 N–H and O–H groups in total. The SMILES string of the molecule is [B]C1=C[CH]([Sn](=[O])[CH]2C=CC([B])=C2)C=C1. The first-order valence-corrected chi connectivity index (χ1v) is 8.97. The Morgan fingerprint density at radius 3 is 1.71 bits per heavy atom. The molecule has 0 saturated heterocycles. The first-order valence-electron chi connectivity index (χ1n) is 4.51. The van der Waals surface area contributed by atoms with Gasteiger partial charge in [-0.1, -0.05) is 0 Å². The van der Waals surface area contributed by atoms with E-state index in [4.69, 9.17) is 15.7 Å². The number of rotatable bonds is 2. The van der Waals surface area contributed by atoms with E-state index in [1.54, 1.807) is 0 Å². The van der Waals surface area contributed by atoms with Crippen molar-refractivity contribution >= 4 is 35.4 Å². The van der Waals surface area contributed by atoms with E-state index in [0.29, 0.717) is 0 Å². The van der Waals surface area contributed by atoms with Crippen LogP contribution in [0.2, 0.25) is 7.87 Å². The van der Waals surface area contributed by atoms with Crippen molar-refractivity contribution in [2.24, 2.45) is 0 Å². The first kappa shape index (κ1) is 10.2. The Morgan fingerprint density at radius 2 is 1.43 bits per heavy atom. The van der Waals surface area contributed by atoms with Crippen molar-refractivity contribution in [1.82, 2.24) is 0 Å². The zero-order valence-electron chi connectivity index (χ0n) is 7.68. The van der Waals surface area contributed by atoms with Crippen LogP contribution in [0.4, 0.5) is 0 Å². The second kappa shape index (κ2) is 4.05. The Morgan fingerprint density at radius 1 is 1.00 bits per heavy atom. The second-order valence-electron chi connectivity index (χ2n) is 3.51. The second-order valence-corrected chi connectivity index (χ2v) is 9.61. The molecule has 14 heavy (non-hydrogen) atoms. The zero-order chi connectivity index (χ0) is 10.1. The van der Waals surface area contributed by atoms with Crippen molar-refractivity contribution in [3.05, 3.63) is 47.4 Å². The van der Waals surface area contributed by atoms with Gasteiger partial charge in [-0.3, -0.25) is 0 Å². The summed E-state index contributed by atoms with van der Waals surface area (Å²) in [6, 6.07) is 0. The molecule has 0 aromatic carbocycles. The molecule has 2 rings (SSSR count). The third-order valence-electron chi connectivity index (χ3n) is 2.39. The molecule has 0 amide bonds. The summed E-state index contributed by atoms with van der Waals surface area (Å²) in [5.41, 5.74) is 1.45. The molecule has 2 atom stereocenters. The summed E-state index contributed by atoms with van der Waals surface area (Å²) in [5.74, 6) is 0. The Kier molecular flexibility index (Phi) is 2.96. The zero-order valence-corrected chi connectivity index (χ0v) is 10.5. The van der Waals surface area contributed by atoms with Crippen LogP contribution in [0.5, 0.6) is 0 Å². The average molecular weight is 285 g/mol. The summed E-state index contributed by atoms with van der Waals surface area (Å²) < 4.78 is 12.3. The van der Waals surface area contributed by atoms with E-state index in [1.807, 2.05) is 36.5 Å². The van der Waals surface area contributed by atoms with Gasteiger partial charge < -0.3 is 0 Å². The predicted octanol–water partition coefficient (Wildman–Crippen LogP) is 1.39. The molecule has 0 heterocycles. The van der Waals surface area contributed by atoms with Crippen molar-refractivity contribution in [2.45, 2.75) is 7.87 Å². The number of hydrogen-bond acceptors (Lipinski definition) is 1. The van der Waals surface area contributed by atoms with Gasteiger partial charge in [0.15, 0.2) is 0 Å². The first-order chi connectivity index (χ1) is 6.66. The monoisotopic (exact) mass is 286 g/mol. The van der Waals surface area contributed by atoms with Crippen molar-refractivity contribution < 1.29 is 3.08 Å². The van der Waals surface area contributed by atoms with Crippen molar-refractivity contribution in [2.75, 3.05) is 0 Å². The fourth-order valence-electron chi connectivity index (χ4n) is 1.64. The minimum absolute atomic E-state index is 0.0919. The number of hydrogen-bond donors (Lipinski definition) is 0. The van der Waals surface area contributed by atoms with Gasteiger partial charge in [0.2, 0.25) is 0 Å². The van der Waals surface area contributed by atoms with Gasteiger partial charge in [0.25, 0.3) is 0 Å². The van der Waals surface area contributed by atoms with Crippen LogP contribution >= 0.6 is 0 Å². The van der Waals surface area contributed by atoms with Crippen molar-refractivity contribution in [3.63, 3.8) is 0 Å². The van der Waals surface area contributed by atoms with Gasteiger partial charge in [-0.15, -0.1) is 0 Å². The summed E-state index contributed by atoms with van der Waals surface area (Å²) >= 11 is -2.70. The van der Waals surface area contributed by atoms with E-state index in [-0.39, 0.29) is 7.87 Å². The topological polar surface area (TPSA) is 17.1 Å². The van der Waals surface area contributed by atoms with Gasteiger partial charge in [-0.2, -0.15) is 0 Å². The number of allylic oxidation sites excluding steroid dienone is 8. The molecule has 2 unspecified atom stereocenters. The molecule has 0 aromatic rings. The molecule has 64 valence electrons. The summed E-state index contributed by atoms with van der Waals surface area (Å²) in [6.07, 6.45) is 11.3. The van der Waals surface area contributed by atoms with Crippen LogP contribution in [0.25, 0.3) is 0 Å². The molecule has 4 heteroatoms. The van der Waals surface area contributed by atoms with Crippen LogP contribution in [0.1, 0.15) is 0 Å². The molecule has 1 nitrogen and oxygen atoms in total. The van der Waals surface area contributed by atoms with Crippen LogP contribution in [-0.4, -0.2) is 35.4 Å². The van der Waals surface area contributed by atoms with Gasteiger partial charge in [0, 0.05) is 0 Å². The molecule has 0 fully saturated rings. The normalized spacial score (nSPS) is 29.1. The molecule has 0 saturated carbocycles. The van der Waals surface area contributed by atoms with E-state index in [1.165, 1.54) is 0 Å². The molecule has 0 aromatic heterocycles. The van der Waals surface area contributed by atoms with Crippen molar-refractivity contribution in [1.29, 1.82) is 0 Å². The standard InChI is InChI=1S/2C5H4B.O.Sn/c2*6-5-3-1-2-4-5;;/h2*1-4H;;. The summed E-state index contributed by atoms with van der Waals surface area (Å²) in [5, 5.41) is 0. The van der Waals surface area contributed by atoms with Crippen LogP contribution in [-0.2, 0) is 3.08 Å². The van der Waals surface area contributed by atoms with Crippen LogP contribution in [0.3, 0.4) is 0 Å². The van der Waals surface area contributed by atoms with Crippen LogP contribution < -0.4 is 0 Å². The molecule has 2 aliphatic rings. The van der Waals surface area contributed by atoms with E-state index in [9.17, 15) is 3.08 Å². The summed E-state index contributed by atoms with van der Waals surface area (Å²) in [4.78, 5) is 0. The van der Waals surface area contributed by atoms with Crippen molar-refractivity contribution in [3.8, 4) is 0 Å².